The van der Waals surface area contributed by atoms with Gasteiger partial charge in [0.1, 0.15) is 6.61 Å². The van der Waals surface area contributed by atoms with Gasteiger partial charge < -0.3 is 14.6 Å². The number of aliphatic hydroxyl groups excluding tert-OH is 1. The van der Waals surface area contributed by atoms with Gasteiger partial charge in [-0.2, -0.15) is 0 Å². The molecule has 4 nitrogen and oxygen atoms in total. The smallest absolute Gasteiger partial charge is 0.165 e. The van der Waals surface area contributed by atoms with Gasteiger partial charge in [-0.1, -0.05) is 12.1 Å². The maximum atomic E-state index is 13.4. The molecule has 0 aliphatic carbocycles. The van der Waals surface area contributed by atoms with Gasteiger partial charge in [0, 0.05) is 19.1 Å². The molecule has 1 saturated heterocycles. The maximum absolute atomic E-state index is 13.4. The van der Waals surface area contributed by atoms with Gasteiger partial charge in [0.2, 0.25) is 0 Å². The van der Waals surface area contributed by atoms with Crippen molar-refractivity contribution in [1.82, 2.24) is 4.90 Å². The lowest BCUT2D eigenvalue weighted by Crippen LogP contribution is -2.50. The molecule has 106 valence electrons. The fourth-order valence-corrected chi connectivity index (χ4v) is 2.13. The molecule has 2 unspecified atom stereocenters. The largest absolute Gasteiger partial charge is 0.489 e. The lowest BCUT2D eigenvalue weighted by atomic mass is 10.2. The summed E-state index contributed by atoms with van der Waals surface area (Å²) in [6.07, 6.45) is -0.135. The van der Waals surface area contributed by atoms with Gasteiger partial charge in [-0.05, 0) is 19.1 Å². The number of hydrogen-bond acceptors (Lipinski definition) is 4. The Kier molecular flexibility index (Phi) is 5.13. The van der Waals surface area contributed by atoms with Crippen molar-refractivity contribution in [2.45, 2.75) is 19.1 Å². The predicted octanol–water partition coefficient (Wildman–Crippen LogP) is 1.29. The van der Waals surface area contributed by atoms with Crippen LogP contribution in [0, 0.1) is 5.82 Å². The Bertz CT molecular complexity index is 402. The highest BCUT2D eigenvalue weighted by Gasteiger charge is 2.25. The van der Waals surface area contributed by atoms with Crippen LogP contribution < -0.4 is 4.74 Å². The molecule has 19 heavy (non-hydrogen) atoms. The Morgan fingerprint density at radius 2 is 2.26 bits per heavy atom. The van der Waals surface area contributed by atoms with Crippen LogP contribution in [0.25, 0.3) is 0 Å². The Hall–Kier alpha value is -1.17. The van der Waals surface area contributed by atoms with Gasteiger partial charge in [0.25, 0.3) is 0 Å². The summed E-state index contributed by atoms with van der Waals surface area (Å²) in [5.41, 5.74) is 0. The topological polar surface area (TPSA) is 41.9 Å². The molecule has 2 rings (SSSR count). The molecular weight excluding hydrogens is 249 g/mol. The van der Waals surface area contributed by atoms with Gasteiger partial charge in [0.05, 0.1) is 19.3 Å². The van der Waals surface area contributed by atoms with E-state index in [0.717, 1.165) is 0 Å². The SMILES string of the molecule is CC1COC(CO)CN1CCOc1ccccc1F. The maximum Gasteiger partial charge on any atom is 0.165 e. The normalized spacial score (nSPS) is 24.4. The highest BCUT2D eigenvalue weighted by atomic mass is 19.1. The number of benzene rings is 1. The van der Waals surface area contributed by atoms with Crippen LogP contribution in [0.1, 0.15) is 6.92 Å². The summed E-state index contributed by atoms with van der Waals surface area (Å²) in [6, 6.07) is 6.67. The fourth-order valence-electron chi connectivity index (χ4n) is 2.13. The van der Waals surface area contributed by atoms with Crippen LogP contribution in [0.15, 0.2) is 24.3 Å². The number of hydrogen-bond donors (Lipinski definition) is 1. The van der Waals surface area contributed by atoms with Crippen LogP contribution in [-0.2, 0) is 4.74 Å². The first-order valence-electron chi connectivity index (χ1n) is 6.54. The number of aliphatic hydroxyl groups is 1. The van der Waals surface area contributed by atoms with Crippen LogP contribution in [0.4, 0.5) is 4.39 Å². The van der Waals surface area contributed by atoms with E-state index >= 15 is 0 Å². The molecule has 0 saturated carbocycles. The van der Waals surface area contributed by atoms with Gasteiger partial charge in [-0.25, -0.2) is 4.39 Å². The van der Waals surface area contributed by atoms with E-state index in [9.17, 15) is 4.39 Å². The second-order valence-corrected chi connectivity index (χ2v) is 4.76. The van der Waals surface area contributed by atoms with E-state index in [2.05, 4.69) is 11.8 Å². The summed E-state index contributed by atoms with van der Waals surface area (Å²) >= 11 is 0. The number of rotatable bonds is 5. The van der Waals surface area contributed by atoms with Crippen molar-refractivity contribution in [3.63, 3.8) is 0 Å². The van der Waals surface area contributed by atoms with Crippen LogP contribution >= 0.6 is 0 Å². The summed E-state index contributed by atoms with van der Waals surface area (Å²) in [5.74, 6) is -0.0621. The highest BCUT2D eigenvalue weighted by molar-refractivity contribution is 5.23. The molecular formula is C14H20FNO3. The zero-order valence-corrected chi connectivity index (χ0v) is 11.1. The molecule has 0 radical (unpaired) electrons. The number of para-hydroxylation sites is 1. The minimum absolute atomic E-state index is 0.0252. The van der Waals surface area contributed by atoms with Gasteiger partial charge in [0.15, 0.2) is 11.6 Å². The van der Waals surface area contributed by atoms with Crippen molar-refractivity contribution in [2.24, 2.45) is 0 Å². The van der Waals surface area contributed by atoms with E-state index in [1.54, 1.807) is 18.2 Å². The summed E-state index contributed by atoms with van der Waals surface area (Å²) in [6.45, 7) is 4.48. The second-order valence-electron chi connectivity index (χ2n) is 4.76. The quantitative estimate of drug-likeness (QED) is 0.874. The number of ether oxygens (including phenoxy) is 2. The van der Waals surface area contributed by atoms with Gasteiger partial charge >= 0.3 is 0 Å². The third kappa shape index (κ3) is 3.89. The molecule has 2 atom stereocenters. The summed E-state index contributed by atoms with van der Waals surface area (Å²) in [5, 5.41) is 9.10. The third-order valence-electron chi connectivity index (χ3n) is 3.31. The zero-order valence-electron chi connectivity index (χ0n) is 11.1. The van der Waals surface area contributed by atoms with Gasteiger partial charge in [-0.15, -0.1) is 0 Å². The van der Waals surface area contributed by atoms with E-state index in [-0.39, 0.29) is 30.3 Å². The van der Waals surface area contributed by atoms with Crippen LogP contribution in [0.2, 0.25) is 0 Å². The molecule has 0 aromatic heterocycles. The molecule has 1 heterocycles. The summed E-state index contributed by atoms with van der Waals surface area (Å²) in [7, 11) is 0. The average Bonchev–Trinajstić information content (AvgIpc) is 2.43. The highest BCUT2D eigenvalue weighted by Crippen LogP contribution is 2.16. The predicted molar refractivity (Wildman–Crippen MR) is 69.8 cm³/mol. The Labute approximate surface area is 112 Å². The summed E-state index contributed by atoms with van der Waals surface area (Å²) in [4.78, 5) is 2.19. The first-order chi connectivity index (χ1) is 9.20. The van der Waals surface area contributed by atoms with Crippen molar-refractivity contribution in [3.8, 4) is 5.75 Å². The van der Waals surface area contributed by atoms with E-state index in [0.29, 0.717) is 26.3 Å². The van der Waals surface area contributed by atoms with E-state index in [1.807, 2.05) is 0 Å². The fraction of sp³-hybridized carbons (Fsp3) is 0.571. The van der Waals surface area contributed by atoms with Crippen molar-refractivity contribution in [1.29, 1.82) is 0 Å². The molecule has 0 amide bonds. The van der Waals surface area contributed by atoms with Gasteiger partial charge in [-0.3, -0.25) is 4.90 Å². The molecule has 5 heteroatoms. The van der Waals surface area contributed by atoms with Crippen LogP contribution in [0.3, 0.4) is 0 Å². The standard InChI is InChI=1S/C14H20FNO3/c1-11-10-19-12(9-17)8-16(11)6-7-18-14-5-3-2-4-13(14)15/h2-5,11-12,17H,6-10H2,1H3. The Balaban J connectivity index is 1.80. The van der Waals surface area contributed by atoms with E-state index in [4.69, 9.17) is 14.6 Å². The number of morpholine rings is 1. The van der Waals surface area contributed by atoms with Crippen LogP contribution in [0.5, 0.6) is 5.75 Å². The van der Waals surface area contributed by atoms with Crippen molar-refractivity contribution in [3.05, 3.63) is 30.1 Å². The van der Waals surface area contributed by atoms with Crippen LogP contribution in [-0.4, -0.2) is 55.1 Å². The lowest BCUT2D eigenvalue weighted by molar-refractivity contribution is -0.0798. The van der Waals surface area contributed by atoms with E-state index < -0.39 is 0 Å². The zero-order chi connectivity index (χ0) is 13.7. The summed E-state index contributed by atoms with van der Waals surface area (Å²) < 4.78 is 24.3. The molecule has 0 bridgehead atoms. The minimum Gasteiger partial charge on any atom is -0.489 e. The van der Waals surface area contributed by atoms with Crippen molar-refractivity contribution in [2.75, 3.05) is 32.9 Å². The monoisotopic (exact) mass is 269 g/mol. The Morgan fingerprint density at radius 3 is 3.00 bits per heavy atom. The number of halogens is 1. The Morgan fingerprint density at radius 1 is 1.47 bits per heavy atom. The van der Waals surface area contributed by atoms with Crippen molar-refractivity contribution >= 4 is 0 Å². The van der Waals surface area contributed by atoms with E-state index in [1.165, 1.54) is 6.07 Å². The second kappa shape index (κ2) is 6.84. The minimum atomic E-state index is -0.342. The molecule has 1 aromatic rings. The third-order valence-corrected chi connectivity index (χ3v) is 3.31. The number of nitrogens with zero attached hydrogens (tertiary/aromatic N) is 1. The molecule has 1 N–H and O–H groups in total. The molecule has 0 spiro atoms. The van der Waals surface area contributed by atoms with Crippen molar-refractivity contribution < 1.29 is 19.0 Å². The molecule has 1 aromatic carbocycles. The molecule has 1 aliphatic heterocycles. The molecule has 1 fully saturated rings. The lowest BCUT2D eigenvalue weighted by Gasteiger charge is -2.37. The first-order valence-corrected chi connectivity index (χ1v) is 6.54. The average molecular weight is 269 g/mol. The molecule has 1 aliphatic rings. The first kappa shape index (κ1) is 14.2.